The molecule has 2 saturated heterocycles. The molecule has 0 spiro atoms. The number of fused-ring (bicyclic) bond motifs is 5. The van der Waals surface area contributed by atoms with Crippen molar-refractivity contribution in [1.82, 2.24) is 0 Å². The molecule has 6 fully saturated rings. The summed E-state index contributed by atoms with van der Waals surface area (Å²) in [6.07, 6.45) is -11.0. The van der Waals surface area contributed by atoms with Crippen molar-refractivity contribution < 1.29 is 74.4 Å². The molecule has 7 aliphatic rings. The second-order valence-corrected chi connectivity index (χ2v) is 16.6. The Hall–Kier alpha value is -1.31. The van der Waals surface area contributed by atoms with Crippen molar-refractivity contribution in [3.8, 4) is 0 Å². The lowest BCUT2D eigenvalue weighted by molar-refractivity contribution is -0.364. The van der Waals surface area contributed by atoms with Crippen LogP contribution in [-0.2, 0) is 28.5 Å². The third kappa shape index (κ3) is 5.45. The zero-order valence-corrected chi connectivity index (χ0v) is 28.8. The molecule has 3 aliphatic heterocycles. The first-order valence-corrected chi connectivity index (χ1v) is 18.1. The molecule has 4 aliphatic carbocycles. The largest absolute Gasteiger partial charge is 0.458 e. The van der Waals surface area contributed by atoms with E-state index in [1.807, 2.05) is 13.8 Å². The van der Waals surface area contributed by atoms with Crippen molar-refractivity contribution in [2.24, 2.45) is 28.6 Å². The average molecular weight is 715 g/mol. The van der Waals surface area contributed by atoms with Gasteiger partial charge >= 0.3 is 5.97 Å². The lowest BCUT2D eigenvalue weighted by Crippen LogP contribution is -2.71. The topological polar surface area (TPSA) is 245 Å². The molecule has 0 amide bonds. The molecular formula is C35H54O15. The smallest absolute Gasteiger partial charge is 0.331 e. The van der Waals surface area contributed by atoms with Crippen molar-refractivity contribution in [2.45, 2.75) is 157 Å². The number of rotatable bonds is 6. The Labute approximate surface area is 290 Å². The lowest BCUT2D eigenvalue weighted by Gasteiger charge is -2.67. The Morgan fingerprint density at radius 1 is 0.820 bits per heavy atom. The fourth-order valence-electron chi connectivity index (χ4n) is 11.4. The maximum absolute atomic E-state index is 12.5. The molecule has 15 nitrogen and oxygen atoms in total. The minimum atomic E-state index is -1.68. The maximum Gasteiger partial charge on any atom is 0.331 e. The van der Waals surface area contributed by atoms with E-state index in [2.05, 4.69) is 0 Å². The zero-order chi connectivity index (χ0) is 36.1. The van der Waals surface area contributed by atoms with Gasteiger partial charge in [0.25, 0.3) is 0 Å². The van der Waals surface area contributed by atoms with Gasteiger partial charge in [-0.1, -0.05) is 13.8 Å². The summed E-state index contributed by atoms with van der Waals surface area (Å²) < 4.78 is 28.4. The average Bonchev–Trinajstić information content (AvgIpc) is 3.61. The number of ether oxygens (including phenoxy) is 5. The number of aliphatic hydroxyl groups excluding tert-OH is 7. The molecule has 0 radical (unpaired) electrons. The summed E-state index contributed by atoms with van der Waals surface area (Å²) in [4.78, 5) is 11.9. The van der Waals surface area contributed by atoms with E-state index >= 15 is 0 Å². The van der Waals surface area contributed by atoms with Gasteiger partial charge in [-0.3, -0.25) is 0 Å². The van der Waals surface area contributed by atoms with Crippen LogP contribution < -0.4 is 0 Å². The summed E-state index contributed by atoms with van der Waals surface area (Å²) in [5, 5.41) is 99.6. The summed E-state index contributed by atoms with van der Waals surface area (Å²) in [7, 11) is 0. The zero-order valence-electron chi connectivity index (χ0n) is 28.8. The van der Waals surface area contributed by atoms with Gasteiger partial charge in [-0.2, -0.15) is 0 Å². The van der Waals surface area contributed by atoms with Crippen molar-refractivity contribution in [2.75, 3.05) is 13.2 Å². The highest BCUT2D eigenvalue weighted by Crippen LogP contribution is 2.70. The molecule has 284 valence electrons. The Balaban J connectivity index is 1.03. The van der Waals surface area contributed by atoms with E-state index < -0.39 is 108 Å². The second kappa shape index (κ2) is 12.9. The van der Waals surface area contributed by atoms with E-state index in [0.717, 1.165) is 5.57 Å². The third-order valence-corrected chi connectivity index (χ3v) is 14.3. The number of hydrogen-bond donors (Lipinski definition) is 9. The molecule has 50 heavy (non-hydrogen) atoms. The third-order valence-electron chi connectivity index (χ3n) is 14.3. The van der Waals surface area contributed by atoms with E-state index in [1.54, 1.807) is 0 Å². The highest BCUT2D eigenvalue weighted by atomic mass is 16.7. The Bertz CT molecular complexity index is 1330. The minimum Gasteiger partial charge on any atom is -0.458 e. The fourth-order valence-corrected chi connectivity index (χ4v) is 11.4. The van der Waals surface area contributed by atoms with Crippen LogP contribution in [0.3, 0.4) is 0 Å². The van der Waals surface area contributed by atoms with Crippen molar-refractivity contribution >= 4 is 5.97 Å². The molecular weight excluding hydrogens is 660 g/mol. The number of cyclic esters (lactones) is 1. The van der Waals surface area contributed by atoms with Crippen LogP contribution in [0.4, 0.5) is 0 Å². The van der Waals surface area contributed by atoms with Crippen molar-refractivity contribution in [3.63, 3.8) is 0 Å². The molecule has 4 saturated carbocycles. The molecule has 0 aromatic heterocycles. The van der Waals surface area contributed by atoms with E-state index in [1.165, 1.54) is 13.0 Å². The van der Waals surface area contributed by atoms with Gasteiger partial charge in [0.1, 0.15) is 49.3 Å². The first-order chi connectivity index (χ1) is 23.5. The van der Waals surface area contributed by atoms with Gasteiger partial charge in [-0.15, -0.1) is 0 Å². The first kappa shape index (κ1) is 37.0. The van der Waals surface area contributed by atoms with Gasteiger partial charge in [0.15, 0.2) is 12.6 Å². The standard InChI is InChI=1S/C35H54O15/c1-15-24(39)25(40)27(42)30(47-15)50-29-21(13-36)49-31(28(43)26(29)41)48-17-4-7-32(2)23-19(5-8-34(32,44)11-17)35(45)9-6-18(16-10-22(38)46-14-16)33(35,3)12-20(23)37/h10,15,17-21,23-31,36-37,39-45H,4-9,11-14H2,1-3H3/t15-,17+,18-,19-,20-,21-,23-,24-,25+,26-,27-,28-,29-,30+,31-,32-,33-,34+,35+/m1/s1. The van der Waals surface area contributed by atoms with Gasteiger partial charge in [-0.05, 0) is 75.2 Å². The molecule has 3 heterocycles. The maximum atomic E-state index is 12.5. The summed E-state index contributed by atoms with van der Waals surface area (Å²) in [5.74, 6) is -1.15. The van der Waals surface area contributed by atoms with Crippen LogP contribution in [0.5, 0.6) is 0 Å². The predicted molar refractivity (Wildman–Crippen MR) is 168 cm³/mol. The van der Waals surface area contributed by atoms with Gasteiger partial charge in [0.05, 0.1) is 36.1 Å². The quantitative estimate of drug-likeness (QED) is 0.111. The number of hydrogen-bond acceptors (Lipinski definition) is 15. The highest BCUT2D eigenvalue weighted by Gasteiger charge is 2.72. The molecule has 15 heteroatoms. The van der Waals surface area contributed by atoms with E-state index in [-0.39, 0.29) is 30.8 Å². The van der Waals surface area contributed by atoms with Crippen LogP contribution >= 0.6 is 0 Å². The summed E-state index contributed by atoms with van der Waals surface area (Å²) in [6, 6.07) is 0. The van der Waals surface area contributed by atoms with Gasteiger partial charge in [0, 0.05) is 23.3 Å². The Morgan fingerprint density at radius 3 is 2.20 bits per heavy atom. The van der Waals surface area contributed by atoms with E-state index in [4.69, 9.17) is 23.7 Å². The van der Waals surface area contributed by atoms with Crippen molar-refractivity contribution in [3.05, 3.63) is 11.6 Å². The van der Waals surface area contributed by atoms with Crippen LogP contribution in [0.2, 0.25) is 0 Å². The van der Waals surface area contributed by atoms with Gasteiger partial charge < -0.3 is 69.6 Å². The second-order valence-electron chi connectivity index (χ2n) is 16.6. The number of esters is 1. The van der Waals surface area contributed by atoms with Gasteiger partial charge in [0.2, 0.25) is 0 Å². The van der Waals surface area contributed by atoms with Crippen molar-refractivity contribution in [1.29, 1.82) is 0 Å². The monoisotopic (exact) mass is 714 g/mol. The number of carbonyl (C=O) groups excluding carboxylic acids is 1. The molecule has 19 atom stereocenters. The first-order valence-electron chi connectivity index (χ1n) is 18.1. The molecule has 0 bridgehead atoms. The number of carbonyl (C=O) groups is 1. The summed E-state index contributed by atoms with van der Waals surface area (Å²) in [6.45, 7) is 5.00. The molecule has 0 aromatic rings. The highest BCUT2D eigenvalue weighted by molar-refractivity contribution is 5.85. The van der Waals surface area contributed by atoms with Crippen LogP contribution in [-0.4, -0.2) is 150 Å². The Morgan fingerprint density at radius 2 is 1.52 bits per heavy atom. The molecule has 0 unspecified atom stereocenters. The Kier molecular flexibility index (Phi) is 9.57. The SMILES string of the molecule is C[C@H]1O[C@@H](O[C@H]2[C@H](O)[C@@H](O)[C@H](O[C@H]3CC[C@]4(C)[C@H]5[C@H](O)C[C@]6(C)[C@@H](C7=CC(=O)OC7)CC[C@]6(O)[C@@H]5CC[C@]4(O)C3)O[C@@H]2CO)[C@H](O)[C@@H](O)[C@@H]1O. The van der Waals surface area contributed by atoms with Crippen LogP contribution in [0.15, 0.2) is 11.6 Å². The molecule has 7 rings (SSSR count). The summed E-state index contributed by atoms with van der Waals surface area (Å²) >= 11 is 0. The van der Waals surface area contributed by atoms with E-state index in [9.17, 15) is 50.8 Å². The van der Waals surface area contributed by atoms with Crippen LogP contribution in [0.1, 0.15) is 72.1 Å². The lowest BCUT2D eigenvalue weighted by atomic mass is 9.41. The van der Waals surface area contributed by atoms with Crippen LogP contribution in [0.25, 0.3) is 0 Å². The fraction of sp³-hybridized carbons (Fsp3) is 0.914. The predicted octanol–water partition coefficient (Wildman–Crippen LogP) is -1.63. The normalized spacial score (nSPS) is 56.6. The minimum absolute atomic E-state index is 0.0966. The van der Waals surface area contributed by atoms with Crippen LogP contribution in [0, 0.1) is 28.6 Å². The molecule has 9 N–H and O–H groups in total. The van der Waals surface area contributed by atoms with Gasteiger partial charge in [-0.25, -0.2) is 4.79 Å². The van der Waals surface area contributed by atoms with E-state index in [0.29, 0.717) is 44.9 Å². The number of aliphatic hydroxyl groups is 9. The molecule has 0 aromatic carbocycles. The summed E-state index contributed by atoms with van der Waals surface area (Å²) in [5.41, 5.74) is -2.97.